The van der Waals surface area contributed by atoms with E-state index in [-0.39, 0.29) is 0 Å². The lowest BCUT2D eigenvalue weighted by atomic mass is 9.86. The van der Waals surface area contributed by atoms with Crippen LogP contribution in [-0.2, 0) is 11.3 Å². The van der Waals surface area contributed by atoms with Crippen LogP contribution < -0.4 is 0 Å². The average molecular weight is 362 g/mol. The Balaban J connectivity index is 1.77. The SMILES string of the molecule is O=CCCC1CN(Cc2ccccc2)CC1c1ccc(Cl)c(Cl)c1. The zero-order valence-corrected chi connectivity index (χ0v) is 15.0. The molecule has 0 amide bonds. The van der Waals surface area contributed by atoms with Crippen molar-refractivity contribution in [1.82, 2.24) is 4.90 Å². The van der Waals surface area contributed by atoms with E-state index in [1.165, 1.54) is 11.1 Å². The molecule has 0 radical (unpaired) electrons. The molecule has 2 unspecified atom stereocenters. The van der Waals surface area contributed by atoms with E-state index < -0.39 is 0 Å². The molecular weight excluding hydrogens is 341 g/mol. The molecule has 1 fully saturated rings. The first-order valence-electron chi connectivity index (χ1n) is 8.32. The molecule has 0 aliphatic carbocycles. The van der Waals surface area contributed by atoms with Gasteiger partial charge in [0.25, 0.3) is 0 Å². The van der Waals surface area contributed by atoms with Crippen LogP contribution in [0.3, 0.4) is 0 Å². The number of nitrogens with zero attached hydrogens (tertiary/aromatic N) is 1. The fourth-order valence-corrected chi connectivity index (χ4v) is 3.93. The van der Waals surface area contributed by atoms with E-state index in [2.05, 4.69) is 35.2 Å². The van der Waals surface area contributed by atoms with E-state index in [9.17, 15) is 4.79 Å². The van der Waals surface area contributed by atoms with Gasteiger partial charge < -0.3 is 4.79 Å². The van der Waals surface area contributed by atoms with Crippen molar-refractivity contribution in [3.8, 4) is 0 Å². The van der Waals surface area contributed by atoms with E-state index in [1.54, 1.807) is 0 Å². The van der Waals surface area contributed by atoms with Gasteiger partial charge in [0.1, 0.15) is 6.29 Å². The van der Waals surface area contributed by atoms with E-state index in [0.717, 1.165) is 32.3 Å². The molecule has 1 aliphatic rings. The number of halogens is 2. The molecule has 2 atom stereocenters. The zero-order chi connectivity index (χ0) is 16.9. The van der Waals surface area contributed by atoms with E-state index >= 15 is 0 Å². The monoisotopic (exact) mass is 361 g/mol. The molecule has 2 aromatic rings. The lowest BCUT2D eigenvalue weighted by Gasteiger charge is -2.18. The second kappa shape index (κ2) is 8.15. The first-order chi connectivity index (χ1) is 11.7. The summed E-state index contributed by atoms with van der Waals surface area (Å²) >= 11 is 12.3. The van der Waals surface area contributed by atoms with Gasteiger partial charge in [-0.3, -0.25) is 4.90 Å². The second-order valence-corrected chi connectivity index (χ2v) is 7.28. The highest BCUT2D eigenvalue weighted by Gasteiger charge is 2.33. The summed E-state index contributed by atoms with van der Waals surface area (Å²) in [6.45, 7) is 2.93. The second-order valence-electron chi connectivity index (χ2n) is 6.46. The quantitative estimate of drug-likeness (QED) is 0.660. The molecular formula is C20H21Cl2NO. The number of aldehydes is 1. The van der Waals surface area contributed by atoms with Crippen molar-refractivity contribution in [3.63, 3.8) is 0 Å². The molecule has 0 aromatic heterocycles. The Kier molecular flexibility index (Phi) is 5.94. The molecule has 0 spiro atoms. The lowest BCUT2D eigenvalue weighted by molar-refractivity contribution is -0.108. The van der Waals surface area contributed by atoms with Crippen molar-refractivity contribution in [3.05, 3.63) is 69.7 Å². The summed E-state index contributed by atoms with van der Waals surface area (Å²) in [5, 5.41) is 1.19. The minimum Gasteiger partial charge on any atom is -0.303 e. The van der Waals surface area contributed by atoms with Crippen LogP contribution in [-0.4, -0.2) is 24.3 Å². The molecule has 2 aromatic carbocycles. The normalized spacial score (nSPS) is 21.1. The minimum atomic E-state index is 0.392. The maximum atomic E-state index is 10.8. The highest BCUT2D eigenvalue weighted by molar-refractivity contribution is 6.42. The number of benzene rings is 2. The third kappa shape index (κ3) is 4.18. The van der Waals surface area contributed by atoms with Crippen LogP contribution in [0, 0.1) is 5.92 Å². The fourth-order valence-electron chi connectivity index (χ4n) is 3.63. The van der Waals surface area contributed by atoms with Gasteiger partial charge in [0.2, 0.25) is 0 Å². The lowest BCUT2D eigenvalue weighted by Crippen LogP contribution is -2.20. The van der Waals surface area contributed by atoms with Crippen LogP contribution in [0.25, 0.3) is 0 Å². The molecule has 126 valence electrons. The van der Waals surface area contributed by atoms with Crippen LogP contribution >= 0.6 is 23.2 Å². The first-order valence-corrected chi connectivity index (χ1v) is 9.08. The number of hydrogen-bond acceptors (Lipinski definition) is 2. The number of carbonyl (C=O) groups is 1. The van der Waals surface area contributed by atoms with Crippen molar-refractivity contribution in [1.29, 1.82) is 0 Å². The van der Waals surface area contributed by atoms with E-state index in [0.29, 0.717) is 28.3 Å². The molecule has 24 heavy (non-hydrogen) atoms. The van der Waals surface area contributed by atoms with Gasteiger partial charge in [-0.15, -0.1) is 0 Å². The van der Waals surface area contributed by atoms with Gasteiger partial charge in [-0.1, -0.05) is 59.6 Å². The van der Waals surface area contributed by atoms with Crippen molar-refractivity contribution in [2.75, 3.05) is 13.1 Å². The summed E-state index contributed by atoms with van der Waals surface area (Å²) in [4.78, 5) is 13.3. The molecule has 1 heterocycles. The van der Waals surface area contributed by atoms with Crippen molar-refractivity contribution in [2.24, 2.45) is 5.92 Å². The van der Waals surface area contributed by atoms with Gasteiger partial charge in [0.05, 0.1) is 10.0 Å². The number of carbonyl (C=O) groups excluding carboxylic acids is 1. The molecule has 1 aliphatic heterocycles. The maximum absolute atomic E-state index is 10.8. The Morgan fingerprint density at radius 2 is 1.83 bits per heavy atom. The fraction of sp³-hybridized carbons (Fsp3) is 0.350. The Morgan fingerprint density at radius 3 is 2.54 bits per heavy atom. The van der Waals surface area contributed by atoms with Crippen LogP contribution in [0.15, 0.2) is 48.5 Å². The highest BCUT2D eigenvalue weighted by Crippen LogP contribution is 2.38. The summed E-state index contributed by atoms with van der Waals surface area (Å²) in [6.07, 6.45) is 2.55. The van der Waals surface area contributed by atoms with E-state index in [1.807, 2.05) is 18.2 Å². The maximum Gasteiger partial charge on any atom is 0.120 e. The topological polar surface area (TPSA) is 20.3 Å². The van der Waals surface area contributed by atoms with Crippen LogP contribution in [0.1, 0.15) is 29.9 Å². The molecule has 3 rings (SSSR count). The van der Waals surface area contributed by atoms with Gasteiger partial charge in [0, 0.05) is 32.0 Å². The van der Waals surface area contributed by atoms with Gasteiger partial charge in [-0.25, -0.2) is 0 Å². The summed E-state index contributed by atoms with van der Waals surface area (Å²) < 4.78 is 0. The number of hydrogen-bond donors (Lipinski definition) is 0. The Labute approximate surface area is 153 Å². The van der Waals surface area contributed by atoms with Crippen molar-refractivity contribution in [2.45, 2.75) is 25.3 Å². The number of rotatable bonds is 6. The summed E-state index contributed by atoms with van der Waals surface area (Å²) in [6, 6.07) is 16.4. The van der Waals surface area contributed by atoms with Crippen LogP contribution in [0.5, 0.6) is 0 Å². The zero-order valence-electron chi connectivity index (χ0n) is 13.5. The van der Waals surface area contributed by atoms with Gasteiger partial charge in [0.15, 0.2) is 0 Å². The summed E-state index contributed by atoms with van der Waals surface area (Å²) in [5.41, 5.74) is 2.54. The average Bonchev–Trinajstić information content (AvgIpc) is 2.99. The third-order valence-electron chi connectivity index (χ3n) is 4.79. The molecule has 1 saturated heterocycles. The standard InChI is InChI=1S/C20H21Cl2NO/c21-19-9-8-16(11-20(19)22)18-14-23(13-17(18)7-4-10-24)12-15-5-2-1-3-6-15/h1-3,5-6,8-11,17-18H,4,7,12-14H2. The largest absolute Gasteiger partial charge is 0.303 e. The summed E-state index contributed by atoms with van der Waals surface area (Å²) in [5.74, 6) is 0.861. The Bertz CT molecular complexity index is 689. The third-order valence-corrected chi connectivity index (χ3v) is 5.53. The van der Waals surface area contributed by atoms with Crippen LogP contribution in [0.4, 0.5) is 0 Å². The van der Waals surface area contributed by atoms with Gasteiger partial charge in [-0.05, 0) is 35.6 Å². The predicted octanol–water partition coefficient (Wildman–Crippen LogP) is 5.19. The molecule has 0 bridgehead atoms. The minimum absolute atomic E-state index is 0.392. The van der Waals surface area contributed by atoms with E-state index in [4.69, 9.17) is 23.2 Å². The Hall–Kier alpha value is -1.35. The van der Waals surface area contributed by atoms with Crippen molar-refractivity contribution >= 4 is 29.5 Å². The van der Waals surface area contributed by atoms with Gasteiger partial charge >= 0.3 is 0 Å². The van der Waals surface area contributed by atoms with Crippen LogP contribution in [0.2, 0.25) is 10.0 Å². The molecule has 2 nitrogen and oxygen atoms in total. The molecule has 0 N–H and O–H groups in total. The van der Waals surface area contributed by atoms with Gasteiger partial charge in [-0.2, -0.15) is 0 Å². The highest BCUT2D eigenvalue weighted by atomic mass is 35.5. The van der Waals surface area contributed by atoms with Crippen molar-refractivity contribution < 1.29 is 4.79 Å². The Morgan fingerprint density at radius 1 is 1.04 bits per heavy atom. The first kappa shape index (κ1) is 17.5. The number of likely N-dealkylation sites (tertiary alicyclic amines) is 1. The molecule has 0 saturated carbocycles. The molecule has 4 heteroatoms. The predicted molar refractivity (Wildman–Crippen MR) is 99.7 cm³/mol. The summed E-state index contributed by atoms with van der Waals surface area (Å²) in [7, 11) is 0. The smallest absolute Gasteiger partial charge is 0.120 e.